The molecule has 0 radical (unpaired) electrons. The van der Waals surface area contributed by atoms with Crippen molar-refractivity contribution in [3.8, 4) is 0 Å². The minimum atomic E-state index is -0.728. The van der Waals surface area contributed by atoms with Crippen LogP contribution < -0.4 is 5.32 Å². The maximum atomic E-state index is 12.3. The summed E-state index contributed by atoms with van der Waals surface area (Å²) in [6, 6.07) is 9.12. The number of carbonyl (C=O) groups is 3. The number of para-hydroxylation sites is 1. The molecule has 2 heterocycles. The van der Waals surface area contributed by atoms with Crippen molar-refractivity contribution in [1.82, 2.24) is 4.90 Å². The van der Waals surface area contributed by atoms with Gasteiger partial charge in [0.1, 0.15) is 11.1 Å². The summed E-state index contributed by atoms with van der Waals surface area (Å²) in [6.45, 7) is 1.81. The summed E-state index contributed by atoms with van der Waals surface area (Å²) in [4.78, 5) is 38.5. The van der Waals surface area contributed by atoms with E-state index in [4.69, 9.17) is 0 Å². The molecule has 1 fully saturated rings. The zero-order valence-electron chi connectivity index (χ0n) is 14.2. The number of anilines is 1. The van der Waals surface area contributed by atoms with Crippen LogP contribution in [0.15, 0.2) is 40.9 Å². The first-order chi connectivity index (χ1) is 12.4. The third kappa shape index (κ3) is 3.54. The van der Waals surface area contributed by atoms with Crippen molar-refractivity contribution < 1.29 is 19.5 Å². The molecule has 1 aromatic carbocycles. The molecule has 3 rings (SSSR count). The number of fused-ring (bicyclic) bond motifs is 1. The smallest absolute Gasteiger partial charge is 0.236 e. The number of rotatable bonds is 7. The number of aliphatic hydroxyl groups excluding tert-OH is 1. The number of allylic oxidation sites excluding steroid dienone is 1. The Morgan fingerprint density at radius 2 is 2.04 bits per heavy atom. The number of hydrogen-bond acceptors (Lipinski definition) is 5. The van der Waals surface area contributed by atoms with Crippen LogP contribution >= 0.6 is 24.4 Å². The van der Waals surface area contributed by atoms with Gasteiger partial charge in [-0.25, -0.2) is 0 Å². The molecule has 6 nitrogen and oxygen atoms in total. The van der Waals surface area contributed by atoms with E-state index in [1.807, 2.05) is 25.1 Å². The topological polar surface area (TPSA) is 86.7 Å². The molecular formula is C18H20N2O4S2. The average Bonchev–Trinajstić information content (AvgIpc) is 2.95. The van der Waals surface area contributed by atoms with Crippen LogP contribution in [0.1, 0.15) is 26.2 Å². The SMILES string of the molecule is CC[C@H](O)[C@@H]1C(=O)N2C(C(=O)S)=C(CCC(=O)Nc3ccccc3)S[C@H]12. The predicted molar refractivity (Wildman–Crippen MR) is 103 cm³/mol. The van der Waals surface area contributed by atoms with E-state index >= 15 is 0 Å². The summed E-state index contributed by atoms with van der Waals surface area (Å²) in [6.07, 6.45) is 0.283. The Kier molecular flexibility index (Phi) is 5.74. The lowest BCUT2D eigenvalue weighted by Gasteiger charge is -2.44. The number of hydrogen-bond donors (Lipinski definition) is 3. The van der Waals surface area contributed by atoms with Crippen LogP contribution in [-0.2, 0) is 14.4 Å². The average molecular weight is 393 g/mol. The van der Waals surface area contributed by atoms with E-state index < -0.39 is 17.1 Å². The number of aliphatic hydroxyl groups is 1. The molecule has 2 aliphatic rings. The first kappa shape index (κ1) is 19.0. The van der Waals surface area contributed by atoms with E-state index in [1.165, 1.54) is 16.7 Å². The number of nitrogens with one attached hydrogen (secondary N) is 1. The van der Waals surface area contributed by atoms with Gasteiger partial charge < -0.3 is 10.4 Å². The van der Waals surface area contributed by atoms with Crippen LogP contribution in [0, 0.1) is 5.92 Å². The third-order valence-electron chi connectivity index (χ3n) is 4.52. The molecule has 26 heavy (non-hydrogen) atoms. The predicted octanol–water partition coefficient (Wildman–Crippen LogP) is 2.38. The van der Waals surface area contributed by atoms with Gasteiger partial charge in [-0.05, 0) is 25.0 Å². The van der Waals surface area contributed by atoms with Crippen molar-refractivity contribution in [2.24, 2.45) is 5.92 Å². The Hall–Kier alpha value is -1.77. The number of thiol groups is 1. The van der Waals surface area contributed by atoms with Gasteiger partial charge in [0.05, 0.1) is 12.0 Å². The van der Waals surface area contributed by atoms with Crippen LogP contribution in [0.5, 0.6) is 0 Å². The van der Waals surface area contributed by atoms with Gasteiger partial charge in [0, 0.05) is 17.0 Å². The van der Waals surface area contributed by atoms with Gasteiger partial charge in [0.25, 0.3) is 0 Å². The fourth-order valence-corrected chi connectivity index (χ4v) is 5.06. The largest absolute Gasteiger partial charge is 0.392 e. The molecule has 0 aliphatic carbocycles. The van der Waals surface area contributed by atoms with Crippen LogP contribution in [0.25, 0.3) is 0 Å². The van der Waals surface area contributed by atoms with Crippen molar-refractivity contribution >= 4 is 47.0 Å². The molecule has 0 aromatic heterocycles. The van der Waals surface area contributed by atoms with Crippen LogP contribution in [-0.4, -0.2) is 38.4 Å². The number of amides is 2. The second kappa shape index (κ2) is 7.85. The highest BCUT2D eigenvalue weighted by Crippen LogP contribution is 2.52. The Morgan fingerprint density at radius 3 is 2.65 bits per heavy atom. The molecule has 1 saturated heterocycles. The van der Waals surface area contributed by atoms with Crippen molar-refractivity contribution in [3.05, 3.63) is 40.9 Å². The summed E-state index contributed by atoms with van der Waals surface area (Å²) in [5.41, 5.74) is 0.960. The quantitative estimate of drug-likeness (QED) is 0.490. The lowest BCUT2D eigenvalue weighted by molar-refractivity contribution is -0.154. The summed E-state index contributed by atoms with van der Waals surface area (Å²) >= 11 is 5.26. The van der Waals surface area contributed by atoms with Crippen LogP contribution in [0.2, 0.25) is 0 Å². The minimum Gasteiger partial charge on any atom is -0.392 e. The molecule has 2 amide bonds. The lowest BCUT2D eigenvalue weighted by atomic mass is 9.90. The van der Waals surface area contributed by atoms with Crippen molar-refractivity contribution in [2.45, 2.75) is 37.7 Å². The summed E-state index contributed by atoms with van der Waals surface area (Å²) in [5, 5.41) is 12.1. The van der Waals surface area contributed by atoms with Gasteiger partial charge in [-0.3, -0.25) is 19.3 Å². The third-order valence-corrected chi connectivity index (χ3v) is 6.16. The van der Waals surface area contributed by atoms with E-state index in [-0.39, 0.29) is 29.3 Å². The highest BCUT2D eigenvalue weighted by atomic mass is 32.2. The molecule has 8 heteroatoms. The summed E-state index contributed by atoms with van der Waals surface area (Å²) < 4.78 is 0. The van der Waals surface area contributed by atoms with Crippen molar-refractivity contribution in [3.63, 3.8) is 0 Å². The van der Waals surface area contributed by atoms with Gasteiger partial charge in [0.15, 0.2) is 0 Å². The first-order valence-electron chi connectivity index (χ1n) is 8.43. The maximum Gasteiger partial charge on any atom is 0.236 e. The number of benzene rings is 1. The highest BCUT2D eigenvalue weighted by Gasteiger charge is 2.57. The fourth-order valence-electron chi connectivity index (χ4n) is 3.17. The van der Waals surface area contributed by atoms with E-state index in [2.05, 4.69) is 17.9 Å². The van der Waals surface area contributed by atoms with E-state index in [0.717, 1.165) is 0 Å². The molecule has 2 aliphatic heterocycles. The molecule has 0 spiro atoms. The summed E-state index contributed by atoms with van der Waals surface area (Å²) in [5.74, 6) is -0.928. The first-order valence-corrected chi connectivity index (χ1v) is 9.75. The van der Waals surface area contributed by atoms with Crippen molar-refractivity contribution in [2.75, 3.05) is 5.32 Å². The Balaban J connectivity index is 1.66. The van der Waals surface area contributed by atoms with Gasteiger partial charge in [0.2, 0.25) is 16.9 Å². The van der Waals surface area contributed by atoms with Crippen LogP contribution in [0.4, 0.5) is 5.69 Å². The molecule has 0 bridgehead atoms. The number of nitrogens with zero attached hydrogens (tertiary/aromatic N) is 1. The maximum absolute atomic E-state index is 12.3. The zero-order chi connectivity index (χ0) is 18.8. The fraction of sp³-hybridized carbons (Fsp3) is 0.389. The monoisotopic (exact) mass is 392 g/mol. The van der Waals surface area contributed by atoms with Crippen LogP contribution in [0.3, 0.4) is 0 Å². The summed E-state index contributed by atoms with van der Waals surface area (Å²) in [7, 11) is 0. The standard InChI is InChI=1S/C18H20N2O4S2/c1-2-11(21)14-16(23)20-15(18(24)25)12(26-17(14)20)8-9-13(22)19-10-6-4-3-5-7-10/h3-7,11,14,17,21H,2,8-9H2,1H3,(H,19,22)(H,24,25)/t11-,14+,17+/m0/s1. The van der Waals surface area contributed by atoms with Gasteiger partial charge in [-0.1, -0.05) is 37.8 Å². The second-order valence-electron chi connectivity index (χ2n) is 6.21. The Morgan fingerprint density at radius 1 is 1.35 bits per heavy atom. The lowest BCUT2D eigenvalue weighted by Crippen LogP contribution is -2.61. The zero-order valence-corrected chi connectivity index (χ0v) is 15.9. The van der Waals surface area contributed by atoms with E-state index in [9.17, 15) is 19.5 Å². The molecule has 138 valence electrons. The van der Waals surface area contributed by atoms with Crippen molar-refractivity contribution in [1.29, 1.82) is 0 Å². The molecule has 3 atom stereocenters. The molecular weight excluding hydrogens is 372 g/mol. The van der Waals surface area contributed by atoms with Gasteiger partial charge >= 0.3 is 0 Å². The number of β-lactam (4-membered cyclic amide) rings is 1. The minimum absolute atomic E-state index is 0.166. The second-order valence-corrected chi connectivity index (χ2v) is 7.83. The van der Waals surface area contributed by atoms with Gasteiger partial charge in [-0.2, -0.15) is 0 Å². The molecule has 2 N–H and O–H groups in total. The highest BCUT2D eigenvalue weighted by molar-refractivity contribution is 8.04. The Labute approximate surface area is 161 Å². The number of carbonyl (C=O) groups excluding carboxylic acids is 3. The normalized spacial score (nSPS) is 22.7. The Bertz CT molecular complexity index is 766. The van der Waals surface area contributed by atoms with Gasteiger partial charge in [-0.15, -0.1) is 11.8 Å². The molecule has 0 saturated carbocycles. The molecule has 1 aromatic rings. The van der Waals surface area contributed by atoms with E-state index in [1.54, 1.807) is 12.1 Å². The number of thioether (sulfide) groups is 1. The molecule has 0 unspecified atom stereocenters. The van der Waals surface area contributed by atoms with E-state index in [0.29, 0.717) is 23.4 Å².